The molecule has 0 saturated carbocycles. The van der Waals surface area contributed by atoms with Crippen molar-refractivity contribution in [2.75, 3.05) is 25.5 Å². The normalized spacial score (nSPS) is 17.2. The van der Waals surface area contributed by atoms with E-state index in [2.05, 4.69) is 5.32 Å². The zero-order valence-corrected chi connectivity index (χ0v) is 14.9. The fraction of sp³-hybridized carbons (Fsp3) is 0.350. The van der Waals surface area contributed by atoms with Crippen molar-refractivity contribution in [3.63, 3.8) is 0 Å². The Morgan fingerprint density at radius 2 is 1.88 bits per heavy atom. The molecule has 1 heterocycles. The molecule has 0 spiro atoms. The van der Waals surface area contributed by atoms with Gasteiger partial charge in [0.25, 0.3) is 0 Å². The zero-order valence-electron chi connectivity index (χ0n) is 14.9. The number of hydrogen-bond donors (Lipinski definition) is 1. The van der Waals surface area contributed by atoms with Crippen molar-refractivity contribution in [1.82, 2.24) is 4.90 Å². The molecular weight excluding hydrogens is 316 g/mol. The molecule has 1 N–H and O–H groups in total. The highest BCUT2D eigenvalue weighted by atomic mass is 16.6. The summed E-state index contributed by atoms with van der Waals surface area (Å²) in [6.45, 7) is 5.00. The molecule has 2 aromatic rings. The summed E-state index contributed by atoms with van der Waals surface area (Å²) in [5, 5.41) is 2.95. The van der Waals surface area contributed by atoms with E-state index in [-0.39, 0.29) is 18.1 Å². The van der Waals surface area contributed by atoms with Gasteiger partial charge in [-0.05, 0) is 45.2 Å². The molecular formula is C20H24N2O3. The molecule has 0 fully saturated rings. The monoisotopic (exact) mass is 340 g/mol. The Labute approximate surface area is 148 Å². The van der Waals surface area contributed by atoms with Gasteiger partial charge in [0.2, 0.25) is 5.91 Å². The van der Waals surface area contributed by atoms with Gasteiger partial charge in [0.15, 0.2) is 11.5 Å². The summed E-state index contributed by atoms with van der Waals surface area (Å²) in [7, 11) is 1.92. The van der Waals surface area contributed by atoms with Crippen molar-refractivity contribution in [3.8, 4) is 11.5 Å². The first-order chi connectivity index (χ1) is 12.0. The maximum atomic E-state index is 12.5. The maximum Gasteiger partial charge on any atom is 0.241 e. The molecule has 0 saturated heterocycles. The van der Waals surface area contributed by atoms with Crippen LogP contribution in [0, 0.1) is 6.92 Å². The molecule has 25 heavy (non-hydrogen) atoms. The van der Waals surface area contributed by atoms with Gasteiger partial charge in [0.05, 0.1) is 6.04 Å². The van der Waals surface area contributed by atoms with Crippen molar-refractivity contribution >= 4 is 11.6 Å². The number of nitrogens with one attached hydrogen (secondary N) is 1. The van der Waals surface area contributed by atoms with Gasteiger partial charge in [-0.3, -0.25) is 9.69 Å². The second-order valence-corrected chi connectivity index (χ2v) is 6.47. The van der Waals surface area contributed by atoms with E-state index < -0.39 is 0 Å². The lowest BCUT2D eigenvalue weighted by Gasteiger charge is -2.31. The largest absolute Gasteiger partial charge is 0.486 e. The van der Waals surface area contributed by atoms with E-state index in [9.17, 15) is 4.79 Å². The SMILES string of the molecule is Cc1ccc(NC(=O)[C@@H](C)N(C)C[C@@H]2COc3ccccc3O2)cc1. The smallest absolute Gasteiger partial charge is 0.241 e. The van der Waals surface area contributed by atoms with Gasteiger partial charge in [-0.2, -0.15) is 0 Å². The number of anilines is 1. The Morgan fingerprint density at radius 1 is 1.20 bits per heavy atom. The number of hydrogen-bond acceptors (Lipinski definition) is 4. The molecule has 0 radical (unpaired) electrons. The molecule has 5 nitrogen and oxygen atoms in total. The number of rotatable bonds is 5. The molecule has 0 aliphatic carbocycles. The predicted octanol–water partition coefficient (Wildman–Crippen LogP) is 3.09. The molecule has 2 aromatic carbocycles. The van der Waals surface area contributed by atoms with Crippen molar-refractivity contribution in [3.05, 3.63) is 54.1 Å². The number of likely N-dealkylation sites (N-methyl/N-ethyl adjacent to an activating group) is 1. The highest BCUT2D eigenvalue weighted by molar-refractivity contribution is 5.94. The van der Waals surface area contributed by atoms with Crippen molar-refractivity contribution in [1.29, 1.82) is 0 Å². The summed E-state index contributed by atoms with van der Waals surface area (Å²) >= 11 is 0. The molecule has 1 aliphatic heterocycles. The van der Waals surface area contributed by atoms with Gasteiger partial charge >= 0.3 is 0 Å². The van der Waals surface area contributed by atoms with Crippen LogP contribution in [0.2, 0.25) is 0 Å². The van der Waals surface area contributed by atoms with Gasteiger partial charge in [0, 0.05) is 12.2 Å². The zero-order chi connectivity index (χ0) is 17.8. The number of carbonyl (C=O) groups is 1. The topological polar surface area (TPSA) is 50.8 Å². The fourth-order valence-corrected chi connectivity index (χ4v) is 2.72. The molecule has 132 valence electrons. The number of carbonyl (C=O) groups excluding carboxylic acids is 1. The lowest BCUT2D eigenvalue weighted by molar-refractivity contribution is -0.120. The third kappa shape index (κ3) is 4.31. The number of aryl methyl sites for hydroxylation is 1. The van der Waals surface area contributed by atoms with Gasteiger partial charge in [-0.1, -0.05) is 29.8 Å². The Kier molecular flexibility index (Phi) is 5.24. The van der Waals surface area contributed by atoms with E-state index in [0.717, 1.165) is 22.7 Å². The molecule has 1 aliphatic rings. The summed E-state index contributed by atoms with van der Waals surface area (Å²) in [6.07, 6.45) is -0.102. The first kappa shape index (κ1) is 17.3. The summed E-state index contributed by atoms with van der Waals surface area (Å²) in [6, 6.07) is 15.1. The van der Waals surface area contributed by atoms with Crippen LogP contribution in [0.3, 0.4) is 0 Å². The molecule has 2 atom stereocenters. The summed E-state index contributed by atoms with van der Waals surface area (Å²) in [5.74, 6) is 1.49. The van der Waals surface area contributed by atoms with Crippen LogP contribution in [0.5, 0.6) is 11.5 Å². The van der Waals surface area contributed by atoms with Crippen molar-refractivity contribution in [2.24, 2.45) is 0 Å². The predicted molar refractivity (Wildman–Crippen MR) is 98.3 cm³/mol. The maximum absolute atomic E-state index is 12.5. The van der Waals surface area contributed by atoms with Crippen molar-refractivity contribution in [2.45, 2.75) is 26.0 Å². The standard InChI is InChI=1S/C20H24N2O3/c1-14-8-10-16(11-9-14)21-20(23)15(2)22(3)12-17-13-24-18-6-4-5-7-19(18)25-17/h4-11,15,17H,12-13H2,1-3H3,(H,21,23)/t15-,17-/m1/s1. The third-order valence-corrected chi connectivity index (χ3v) is 4.42. The van der Waals surface area contributed by atoms with Crippen LogP contribution in [0.1, 0.15) is 12.5 Å². The first-order valence-electron chi connectivity index (χ1n) is 8.49. The van der Waals surface area contributed by atoms with Crippen LogP contribution in [-0.4, -0.2) is 43.2 Å². The second kappa shape index (κ2) is 7.57. The lowest BCUT2D eigenvalue weighted by Crippen LogP contribution is -2.46. The van der Waals surface area contributed by atoms with Gasteiger partial charge in [-0.15, -0.1) is 0 Å². The van der Waals surface area contributed by atoms with Crippen LogP contribution >= 0.6 is 0 Å². The summed E-state index contributed by atoms with van der Waals surface area (Å²) in [5.41, 5.74) is 1.97. The minimum Gasteiger partial charge on any atom is -0.486 e. The minimum atomic E-state index is -0.276. The van der Waals surface area contributed by atoms with Gasteiger partial charge in [-0.25, -0.2) is 0 Å². The van der Waals surface area contributed by atoms with Crippen LogP contribution in [-0.2, 0) is 4.79 Å². The summed E-state index contributed by atoms with van der Waals surface area (Å²) < 4.78 is 11.7. The van der Waals surface area contributed by atoms with Gasteiger partial charge in [0.1, 0.15) is 12.7 Å². The molecule has 1 amide bonds. The third-order valence-electron chi connectivity index (χ3n) is 4.42. The van der Waals surface area contributed by atoms with Crippen LogP contribution in [0.25, 0.3) is 0 Å². The highest BCUT2D eigenvalue weighted by Gasteiger charge is 2.26. The molecule has 0 bridgehead atoms. The highest BCUT2D eigenvalue weighted by Crippen LogP contribution is 2.31. The number of nitrogens with zero attached hydrogens (tertiary/aromatic N) is 1. The lowest BCUT2D eigenvalue weighted by atomic mass is 10.2. The number of fused-ring (bicyclic) bond motifs is 1. The second-order valence-electron chi connectivity index (χ2n) is 6.47. The average Bonchev–Trinajstić information content (AvgIpc) is 2.62. The number of benzene rings is 2. The van der Waals surface area contributed by atoms with Crippen LogP contribution in [0.4, 0.5) is 5.69 Å². The number of ether oxygens (including phenoxy) is 2. The van der Waals surface area contributed by atoms with E-state index in [1.54, 1.807) is 0 Å². The minimum absolute atomic E-state index is 0.0384. The Hall–Kier alpha value is -2.53. The Bertz CT molecular complexity index is 730. The van der Waals surface area contributed by atoms with E-state index in [1.807, 2.05) is 74.3 Å². The van der Waals surface area contributed by atoms with E-state index in [4.69, 9.17) is 9.47 Å². The first-order valence-corrected chi connectivity index (χ1v) is 8.49. The quantitative estimate of drug-likeness (QED) is 0.909. The van der Waals surface area contributed by atoms with Gasteiger partial charge < -0.3 is 14.8 Å². The van der Waals surface area contributed by atoms with E-state index in [0.29, 0.717) is 13.2 Å². The Morgan fingerprint density at radius 3 is 2.60 bits per heavy atom. The molecule has 0 aromatic heterocycles. The fourth-order valence-electron chi connectivity index (χ4n) is 2.72. The molecule has 5 heteroatoms. The van der Waals surface area contributed by atoms with E-state index >= 15 is 0 Å². The van der Waals surface area contributed by atoms with Crippen molar-refractivity contribution < 1.29 is 14.3 Å². The number of amides is 1. The van der Waals surface area contributed by atoms with E-state index in [1.165, 1.54) is 0 Å². The molecule has 3 rings (SSSR count). The Balaban J connectivity index is 1.54. The average molecular weight is 340 g/mol. The van der Waals surface area contributed by atoms with Crippen LogP contribution < -0.4 is 14.8 Å². The van der Waals surface area contributed by atoms with Crippen LogP contribution in [0.15, 0.2) is 48.5 Å². The molecule has 0 unspecified atom stereocenters. The number of para-hydroxylation sites is 2. The summed E-state index contributed by atoms with van der Waals surface area (Å²) in [4.78, 5) is 14.4.